The van der Waals surface area contributed by atoms with Crippen molar-refractivity contribution in [3.05, 3.63) is 0 Å². The van der Waals surface area contributed by atoms with Crippen molar-refractivity contribution in [3.63, 3.8) is 0 Å². The second kappa shape index (κ2) is 8.44. The van der Waals surface area contributed by atoms with Gasteiger partial charge in [0.15, 0.2) is 0 Å². The van der Waals surface area contributed by atoms with E-state index in [9.17, 15) is 9.59 Å². The minimum absolute atomic E-state index is 0. The molecule has 0 aromatic carbocycles. The van der Waals surface area contributed by atoms with Crippen molar-refractivity contribution in [3.8, 4) is 0 Å². The molecule has 2 amide bonds. The molecule has 0 aromatic heterocycles. The standard InChI is InChI=1S/C19H31N3O3.ClH/c20-17-13-3-1-4-14(17)12-15(11-13)18(23)21-6-8-22(9-7-21)19(24)16-5-2-10-25-16;/h13-17H,1-12,20H2;1H. The van der Waals surface area contributed by atoms with Gasteiger partial charge in [-0.25, -0.2) is 0 Å². The summed E-state index contributed by atoms with van der Waals surface area (Å²) in [6.45, 7) is 3.30. The maximum absolute atomic E-state index is 13.0. The lowest BCUT2D eigenvalue weighted by Crippen LogP contribution is -2.55. The number of amides is 2. The highest BCUT2D eigenvalue weighted by Gasteiger charge is 2.42. The molecule has 0 aromatic rings. The van der Waals surface area contributed by atoms with Gasteiger partial charge in [0.25, 0.3) is 5.91 Å². The predicted molar refractivity (Wildman–Crippen MR) is 101 cm³/mol. The van der Waals surface area contributed by atoms with Crippen molar-refractivity contribution in [2.24, 2.45) is 23.5 Å². The molecular weight excluding hydrogens is 354 g/mol. The van der Waals surface area contributed by atoms with Gasteiger partial charge >= 0.3 is 0 Å². The Morgan fingerprint density at radius 3 is 1.96 bits per heavy atom. The van der Waals surface area contributed by atoms with Crippen molar-refractivity contribution in [2.75, 3.05) is 32.8 Å². The molecule has 4 aliphatic rings. The van der Waals surface area contributed by atoms with Crippen LogP contribution in [-0.2, 0) is 14.3 Å². The summed E-state index contributed by atoms with van der Waals surface area (Å²) in [5, 5.41) is 0. The predicted octanol–water partition coefficient (Wildman–Crippen LogP) is 1.41. The summed E-state index contributed by atoms with van der Waals surface area (Å²) >= 11 is 0. The molecule has 0 spiro atoms. The van der Waals surface area contributed by atoms with E-state index in [2.05, 4.69) is 0 Å². The van der Waals surface area contributed by atoms with E-state index in [4.69, 9.17) is 10.5 Å². The fourth-order valence-corrected chi connectivity index (χ4v) is 5.37. The van der Waals surface area contributed by atoms with Crippen LogP contribution >= 0.6 is 12.4 Å². The molecular formula is C19H32ClN3O3. The fourth-order valence-electron chi connectivity index (χ4n) is 5.37. The van der Waals surface area contributed by atoms with E-state index in [-0.39, 0.29) is 30.3 Å². The number of nitrogens with two attached hydrogens (primary N) is 1. The van der Waals surface area contributed by atoms with E-state index in [1.54, 1.807) is 0 Å². The normalized spacial score (nSPS) is 37.2. The molecule has 4 fully saturated rings. The molecule has 26 heavy (non-hydrogen) atoms. The average Bonchev–Trinajstić information content (AvgIpc) is 3.15. The van der Waals surface area contributed by atoms with E-state index in [0.29, 0.717) is 56.6 Å². The molecule has 2 N–H and O–H groups in total. The van der Waals surface area contributed by atoms with Gasteiger partial charge in [0.1, 0.15) is 6.10 Å². The van der Waals surface area contributed by atoms with Crippen LogP contribution < -0.4 is 5.73 Å². The molecule has 2 aliphatic carbocycles. The molecule has 7 heteroatoms. The average molecular weight is 386 g/mol. The van der Waals surface area contributed by atoms with Gasteiger partial charge in [-0.05, 0) is 50.4 Å². The zero-order valence-corrected chi connectivity index (χ0v) is 16.3. The van der Waals surface area contributed by atoms with Crippen LogP contribution in [0.5, 0.6) is 0 Å². The van der Waals surface area contributed by atoms with Crippen molar-refractivity contribution in [1.82, 2.24) is 9.80 Å². The van der Waals surface area contributed by atoms with Crippen molar-refractivity contribution >= 4 is 24.2 Å². The first kappa shape index (κ1) is 19.9. The molecule has 2 saturated heterocycles. The van der Waals surface area contributed by atoms with Gasteiger partial charge in [0.2, 0.25) is 5.91 Å². The molecule has 3 unspecified atom stereocenters. The molecule has 2 saturated carbocycles. The van der Waals surface area contributed by atoms with Gasteiger partial charge in [-0.1, -0.05) is 6.42 Å². The van der Waals surface area contributed by atoms with Gasteiger partial charge in [-0.3, -0.25) is 9.59 Å². The Labute approximate surface area is 162 Å². The third-order valence-corrected chi connectivity index (χ3v) is 6.87. The Kier molecular flexibility index (Phi) is 6.46. The molecule has 6 nitrogen and oxygen atoms in total. The summed E-state index contributed by atoms with van der Waals surface area (Å²) in [5.74, 6) is 1.62. The maximum atomic E-state index is 13.0. The molecule has 2 heterocycles. The minimum Gasteiger partial charge on any atom is -0.368 e. The van der Waals surface area contributed by atoms with Crippen LogP contribution in [0.2, 0.25) is 0 Å². The Balaban J connectivity index is 0.00000196. The highest BCUT2D eigenvalue weighted by atomic mass is 35.5. The number of nitrogens with zero attached hydrogens (tertiary/aromatic N) is 2. The highest BCUT2D eigenvalue weighted by Crippen LogP contribution is 2.42. The van der Waals surface area contributed by atoms with Crippen molar-refractivity contribution in [1.29, 1.82) is 0 Å². The lowest BCUT2D eigenvalue weighted by Gasteiger charge is -2.45. The largest absolute Gasteiger partial charge is 0.368 e. The van der Waals surface area contributed by atoms with Crippen LogP contribution in [0.1, 0.15) is 44.9 Å². The Hall–Kier alpha value is -0.850. The van der Waals surface area contributed by atoms with Crippen LogP contribution in [0.15, 0.2) is 0 Å². The summed E-state index contributed by atoms with van der Waals surface area (Å²) in [7, 11) is 0. The van der Waals surface area contributed by atoms with Crippen LogP contribution in [0.3, 0.4) is 0 Å². The van der Waals surface area contributed by atoms with Crippen LogP contribution in [-0.4, -0.2) is 66.5 Å². The SMILES string of the molecule is Cl.NC1C2CCCC1CC(C(=O)N1CCN(C(=O)C3CCCO3)CC1)C2. The third-order valence-electron chi connectivity index (χ3n) is 6.87. The van der Waals surface area contributed by atoms with Crippen LogP contribution in [0.4, 0.5) is 0 Å². The molecule has 2 aliphatic heterocycles. The zero-order valence-electron chi connectivity index (χ0n) is 15.5. The smallest absolute Gasteiger partial charge is 0.251 e. The fraction of sp³-hybridized carbons (Fsp3) is 0.895. The first-order chi connectivity index (χ1) is 12.1. The number of hydrogen-bond acceptors (Lipinski definition) is 4. The monoisotopic (exact) mass is 385 g/mol. The Morgan fingerprint density at radius 2 is 1.42 bits per heavy atom. The topological polar surface area (TPSA) is 75.9 Å². The van der Waals surface area contributed by atoms with E-state index in [1.165, 1.54) is 19.3 Å². The number of ether oxygens (including phenoxy) is 1. The number of carbonyl (C=O) groups is 2. The minimum atomic E-state index is -0.249. The molecule has 4 rings (SSSR count). The van der Waals surface area contributed by atoms with E-state index < -0.39 is 0 Å². The van der Waals surface area contributed by atoms with Gasteiger partial charge in [-0.2, -0.15) is 0 Å². The Bertz CT molecular complexity index is 504. The molecule has 2 bridgehead atoms. The zero-order chi connectivity index (χ0) is 17.4. The third kappa shape index (κ3) is 3.87. The number of halogens is 1. The van der Waals surface area contributed by atoms with Crippen molar-refractivity contribution < 1.29 is 14.3 Å². The quantitative estimate of drug-likeness (QED) is 0.779. The van der Waals surface area contributed by atoms with Gasteiger partial charge in [-0.15, -0.1) is 12.4 Å². The second-order valence-corrected chi connectivity index (χ2v) is 8.35. The number of rotatable bonds is 2. The second-order valence-electron chi connectivity index (χ2n) is 8.35. The van der Waals surface area contributed by atoms with E-state index in [1.807, 2.05) is 9.80 Å². The number of piperazine rings is 1. The molecule has 0 radical (unpaired) electrons. The number of fused-ring (bicyclic) bond motifs is 2. The van der Waals surface area contributed by atoms with Gasteiger partial charge in [0.05, 0.1) is 0 Å². The first-order valence-electron chi connectivity index (χ1n) is 10.1. The van der Waals surface area contributed by atoms with E-state index >= 15 is 0 Å². The lowest BCUT2D eigenvalue weighted by atomic mass is 9.65. The molecule has 3 atom stereocenters. The lowest BCUT2D eigenvalue weighted by molar-refractivity contribution is -0.148. The summed E-state index contributed by atoms with van der Waals surface area (Å²) in [6.07, 6.45) is 7.13. The van der Waals surface area contributed by atoms with Gasteiger partial charge in [0, 0.05) is 44.7 Å². The highest BCUT2D eigenvalue weighted by molar-refractivity contribution is 5.85. The molecule has 148 valence electrons. The van der Waals surface area contributed by atoms with Gasteiger partial charge < -0.3 is 20.3 Å². The maximum Gasteiger partial charge on any atom is 0.251 e. The first-order valence-corrected chi connectivity index (χ1v) is 10.1. The van der Waals surface area contributed by atoms with Crippen molar-refractivity contribution in [2.45, 2.75) is 57.1 Å². The van der Waals surface area contributed by atoms with Crippen LogP contribution in [0.25, 0.3) is 0 Å². The van der Waals surface area contributed by atoms with Crippen LogP contribution in [0, 0.1) is 17.8 Å². The summed E-state index contributed by atoms with van der Waals surface area (Å²) in [6, 6.07) is 0.304. The van der Waals surface area contributed by atoms with E-state index in [0.717, 1.165) is 25.7 Å². The number of carbonyl (C=O) groups excluding carboxylic acids is 2. The summed E-state index contributed by atoms with van der Waals surface area (Å²) < 4.78 is 5.51. The number of hydrogen-bond donors (Lipinski definition) is 1. The Morgan fingerprint density at radius 1 is 0.846 bits per heavy atom. The summed E-state index contributed by atoms with van der Waals surface area (Å²) in [5.41, 5.74) is 6.36. The summed E-state index contributed by atoms with van der Waals surface area (Å²) in [4.78, 5) is 29.3.